The average Bonchev–Trinajstić information content (AvgIpc) is 3.20. The number of hydrogen-bond acceptors (Lipinski definition) is 4. The van der Waals surface area contributed by atoms with E-state index in [-0.39, 0.29) is 11.9 Å². The van der Waals surface area contributed by atoms with Gasteiger partial charge in [0.15, 0.2) is 0 Å². The Bertz CT molecular complexity index is 924. The molecule has 3 heterocycles. The van der Waals surface area contributed by atoms with Crippen molar-refractivity contribution in [2.45, 2.75) is 25.9 Å². The lowest BCUT2D eigenvalue weighted by Gasteiger charge is -2.22. The number of nitrogens with one attached hydrogen (secondary N) is 2. The van der Waals surface area contributed by atoms with E-state index in [1.54, 1.807) is 10.9 Å². The zero-order valence-corrected chi connectivity index (χ0v) is 14.9. The number of benzene rings is 1. The standard InChI is InChI=1S/C19H22N6O/c1-13-20-9-10-25(13)11-14-3-5-15(6-4-14)22-19(26)18-16-12-24(2)23-17(16)7-8-21-18/h3-6,9-10,12,18,21H,7-8,11H2,1-2H3,(H,22,26). The van der Waals surface area contributed by atoms with Crippen LogP contribution in [0.5, 0.6) is 0 Å². The summed E-state index contributed by atoms with van der Waals surface area (Å²) in [5.41, 5.74) is 3.91. The first-order chi connectivity index (χ1) is 12.6. The monoisotopic (exact) mass is 350 g/mol. The Morgan fingerprint density at radius 2 is 2.15 bits per heavy atom. The first-order valence-corrected chi connectivity index (χ1v) is 8.73. The number of hydrogen-bond donors (Lipinski definition) is 2. The highest BCUT2D eigenvalue weighted by molar-refractivity contribution is 5.95. The van der Waals surface area contributed by atoms with Crippen LogP contribution in [-0.4, -0.2) is 31.8 Å². The van der Waals surface area contributed by atoms with Gasteiger partial charge in [0, 0.05) is 56.4 Å². The smallest absolute Gasteiger partial charge is 0.246 e. The van der Waals surface area contributed by atoms with Gasteiger partial charge in [0.05, 0.1) is 5.69 Å². The minimum Gasteiger partial charge on any atom is -0.331 e. The number of anilines is 1. The first-order valence-electron chi connectivity index (χ1n) is 8.73. The Balaban J connectivity index is 1.44. The van der Waals surface area contributed by atoms with Gasteiger partial charge < -0.3 is 15.2 Å². The average molecular weight is 350 g/mol. The normalized spacial score (nSPS) is 16.3. The van der Waals surface area contributed by atoms with Gasteiger partial charge in [-0.2, -0.15) is 5.10 Å². The SMILES string of the molecule is Cc1nccn1Cc1ccc(NC(=O)C2NCCc3nn(C)cc32)cc1. The second-order valence-corrected chi connectivity index (χ2v) is 6.63. The number of rotatable bonds is 4. The highest BCUT2D eigenvalue weighted by Gasteiger charge is 2.28. The lowest BCUT2D eigenvalue weighted by molar-refractivity contribution is -0.118. The van der Waals surface area contributed by atoms with Crippen molar-refractivity contribution in [3.8, 4) is 0 Å². The van der Waals surface area contributed by atoms with E-state index in [1.165, 1.54) is 0 Å². The van der Waals surface area contributed by atoms with Crippen LogP contribution in [0.25, 0.3) is 0 Å². The number of nitrogens with zero attached hydrogens (tertiary/aromatic N) is 4. The van der Waals surface area contributed by atoms with Crippen LogP contribution >= 0.6 is 0 Å². The summed E-state index contributed by atoms with van der Waals surface area (Å²) in [6.07, 6.45) is 6.53. The molecule has 7 nitrogen and oxygen atoms in total. The van der Waals surface area contributed by atoms with Gasteiger partial charge >= 0.3 is 0 Å². The molecule has 3 aromatic rings. The van der Waals surface area contributed by atoms with E-state index < -0.39 is 0 Å². The highest BCUT2D eigenvalue weighted by Crippen LogP contribution is 2.23. The topological polar surface area (TPSA) is 76.8 Å². The number of imidazole rings is 1. The van der Waals surface area contributed by atoms with E-state index in [4.69, 9.17) is 0 Å². The van der Waals surface area contributed by atoms with Crippen molar-refractivity contribution < 1.29 is 4.79 Å². The summed E-state index contributed by atoms with van der Waals surface area (Å²) in [4.78, 5) is 16.9. The number of amides is 1. The largest absolute Gasteiger partial charge is 0.331 e. The van der Waals surface area contributed by atoms with Gasteiger partial charge in [0.2, 0.25) is 5.91 Å². The lowest BCUT2D eigenvalue weighted by Crippen LogP contribution is -2.37. The maximum Gasteiger partial charge on any atom is 0.246 e. The third kappa shape index (κ3) is 3.25. The predicted molar refractivity (Wildman–Crippen MR) is 98.8 cm³/mol. The summed E-state index contributed by atoms with van der Waals surface area (Å²) >= 11 is 0. The molecule has 0 radical (unpaired) electrons. The molecule has 1 aliphatic rings. The third-order valence-corrected chi connectivity index (χ3v) is 4.72. The molecule has 1 unspecified atom stereocenters. The molecule has 1 amide bonds. The van der Waals surface area contributed by atoms with Crippen molar-refractivity contribution in [2.75, 3.05) is 11.9 Å². The third-order valence-electron chi connectivity index (χ3n) is 4.72. The molecule has 0 saturated heterocycles. The van der Waals surface area contributed by atoms with Gasteiger partial charge in [-0.15, -0.1) is 0 Å². The summed E-state index contributed by atoms with van der Waals surface area (Å²) in [7, 11) is 1.88. The molecule has 0 spiro atoms. The summed E-state index contributed by atoms with van der Waals surface area (Å²) in [6, 6.07) is 7.57. The van der Waals surface area contributed by atoms with Crippen LogP contribution in [0, 0.1) is 6.92 Å². The van der Waals surface area contributed by atoms with Crippen LogP contribution in [0.1, 0.15) is 28.7 Å². The van der Waals surface area contributed by atoms with E-state index >= 15 is 0 Å². The van der Waals surface area contributed by atoms with Crippen LogP contribution in [0.2, 0.25) is 0 Å². The predicted octanol–water partition coefficient (Wildman–Crippen LogP) is 1.80. The van der Waals surface area contributed by atoms with Crippen molar-refractivity contribution in [3.05, 3.63) is 65.5 Å². The number of carbonyl (C=O) groups excluding carboxylic acids is 1. The van der Waals surface area contributed by atoms with Gasteiger partial charge in [0.1, 0.15) is 11.9 Å². The summed E-state index contributed by atoms with van der Waals surface area (Å²) in [5, 5.41) is 10.7. The number of carbonyl (C=O) groups is 1. The van der Waals surface area contributed by atoms with Crippen molar-refractivity contribution >= 4 is 11.6 Å². The Hall–Kier alpha value is -2.93. The molecule has 2 N–H and O–H groups in total. The molecule has 0 aliphatic carbocycles. The van der Waals surface area contributed by atoms with E-state index in [0.717, 1.165) is 47.8 Å². The van der Waals surface area contributed by atoms with Crippen molar-refractivity contribution in [1.82, 2.24) is 24.6 Å². The number of aryl methyl sites for hydroxylation is 2. The Labute approximate surface area is 152 Å². The lowest BCUT2D eigenvalue weighted by atomic mass is 10.0. The molecule has 1 atom stereocenters. The molecular formula is C19H22N6O. The van der Waals surface area contributed by atoms with E-state index in [1.807, 2.05) is 50.6 Å². The molecule has 26 heavy (non-hydrogen) atoms. The number of aromatic nitrogens is 4. The molecule has 134 valence electrons. The molecule has 0 bridgehead atoms. The first kappa shape index (κ1) is 16.5. The molecule has 0 fully saturated rings. The second kappa shape index (κ2) is 6.76. The second-order valence-electron chi connectivity index (χ2n) is 6.63. The van der Waals surface area contributed by atoms with E-state index in [9.17, 15) is 4.79 Å². The Kier molecular flexibility index (Phi) is 4.30. The molecule has 0 saturated carbocycles. The van der Waals surface area contributed by atoms with Crippen molar-refractivity contribution in [3.63, 3.8) is 0 Å². The molecule has 7 heteroatoms. The van der Waals surface area contributed by atoms with Crippen LogP contribution in [-0.2, 0) is 24.8 Å². The van der Waals surface area contributed by atoms with Crippen LogP contribution in [0.3, 0.4) is 0 Å². The summed E-state index contributed by atoms with van der Waals surface area (Å²) < 4.78 is 3.86. The summed E-state index contributed by atoms with van der Waals surface area (Å²) in [5.74, 6) is 0.926. The molecular weight excluding hydrogens is 328 g/mol. The number of fused-ring (bicyclic) bond motifs is 1. The summed E-state index contributed by atoms with van der Waals surface area (Å²) in [6.45, 7) is 3.51. The van der Waals surface area contributed by atoms with Crippen LogP contribution < -0.4 is 10.6 Å². The molecule has 1 aromatic carbocycles. The fourth-order valence-electron chi connectivity index (χ4n) is 3.34. The van der Waals surface area contributed by atoms with Gasteiger partial charge in [-0.25, -0.2) is 4.98 Å². The fraction of sp³-hybridized carbons (Fsp3) is 0.316. The Morgan fingerprint density at radius 3 is 2.88 bits per heavy atom. The molecule has 4 rings (SSSR count). The quantitative estimate of drug-likeness (QED) is 0.752. The zero-order chi connectivity index (χ0) is 18.1. The van der Waals surface area contributed by atoms with Gasteiger partial charge in [-0.1, -0.05) is 12.1 Å². The van der Waals surface area contributed by atoms with Crippen LogP contribution in [0.15, 0.2) is 42.9 Å². The van der Waals surface area contributed by atoms with Crippen molar-refractivity contribution in [2.24, 2.45) is 7.05 Å². The van der Waals surface area contributed by atoms with E-state index in [2.05, 4.69) is 25.3 Å². The molecule has 2 aromatic heterocycles. The van der Waals surface area contributed by atoms with Crippen molar-refractivity contribution in [1.29, 1.82) is 0 Å². The van der Waals surface area contributed by atoms with E-state index in [0.29, 0.717) is 0 Å². The maximum atomic E-state index is 12.7. The maximum absolute atomic E-state index is 12.7. The Morgan fingerprint density at radius 1 is 1.35 bits per heavy atom. The fourth-order valence-corrected chi connectivity index (χ4v) is 3.34. The molecule has 1 aliphatic heterocycles. The minimum atomic E-state index is -0.360. The van der Waals surface area contributed by atoms with Gasteiger partial charge in [-0.3, -0.25) is 9.48 Å². The zero-order valence-electron chi connectivity index (χ0n) is 14.9. The highest BCUT2D eigenvalue weighted by atomic mass is 16.2. The minimum absolute atomic E-state index is 0.0582. The van der Waals surface area contributed by atoms with Crippen LogP contribution in [0.4, 0.5) is 5.69 Å². The van der Waals surface area contributed by atoms with Gasteiger partial charge in [0.25, 0.3) is 0 Å². The van der Waals surface area contributed by atoms with Gasteiger partial charge in [-0.05, 0) is 24.6 Å².